The van der Waals surface area contributed by atoms with Crippen molar-refractivity contribution >= 4 is 38.3 Å². The van der Waals surface area contributed by atoms with Crippen LogP contribution in [-0.2, 0) is 0 Å². The molecular formula is C9H5BrClNO. The molecule has 4 heteroatoms. The molecule has 13 heavy (non-hydrogen) atoms. The molecule has 0 saturated heterocycles. The van der Waals surface area contributed by atoms with Crippen molar-refractivity contribution in [3.8, 4) is 5.75 Å². The van der Waals surface area contributed by atoms with E-state index in [0.29, 0.717) is 5.15 Å². The molecule has 0 aliphatic carbocycles. The van der Waals surface area contributed by atoms with Gasteiger partial charge >= 0.3 is 0 Å². The number of hydrogen-bond donors (Lipinski definition) is 1. The average molecular weight is 259 g/mol. The minimum absolute atomic E-state index is 0.189. The third-order valence-electron chi connectivity index (χ3n) is 1.77. The molecule has 1 aromatic carbocycles. The molecule has 1 N–H and O–H groups in total. The van der Waals surface area contributed by atoms with Gasteiger partial charge in [-0.3, -0.25) is 0 Å². The zero-order valence-electron chi connectivity index (χ0n) is 6.46. The van der Waals surface area contributed by atoms with Crippen LogP contribution in [0.2, 0.25) is 5.15 Å². The second kappa shape index (κ2) is 3.16. The molecule has 2 aromatic rings. The summed E-state index contributed by atoms with van der Waals surface area (Å²) in [5.74, 6) is 0.189. The fourth-order valence-corrected chi connectivity index (χ4v) is 1.82. The number of hydrogen-bond acceptors (Lipinski definition) is 2. The molecule has 0 saturated carbocycles. The summed E-state index contributed by atoms with van der Waals surface area (Å²) in [4.78, 5) is 3.96. The normalized spacial score (nSPS) is 10.6. The molecule has 0 fully saturated rings. The SMILES string of the molecule is Oc1ccc2c(Br)cnc(Cl)c2c1. The largest absolute Gasteiger partial charge is 0.508 e. The average Bonchev–Trinajstić information content (AvgIpc) is 2.12. The lowest BCUT2D eigenvalue weighted by Crippen LogP contribution is -1.80. The van der Waals surface area contributed by atoms with Gasteiger partial charge in [0.05, 0.1) is 0 Å². The van der Waals surface area contributed by atoms with Gasteiger partial charge < -0.3 is 5.11 Å². The Kier molecular flexibility index (Phi) is 2.14. The van der Waals surface area contributed by atoms with Crippen molar-refractivity contribution in [1.29, 1.82) is 0 Å². The molecule has 0 spiro atoms. The van der Waals surface area contributed by atoms with Gasteiger partial charge in [-0.2, -0.15) is 0 Å². The molecule has 1 heterocycles. The summed E-state index contributed by atoms with van der Waals surface area (Å²) in [6.07, 6.45) is 1.64. The number of phenolic OH excluding ortho intramolecular Hbond substituents is 1. The van der Waals surface area contributed by atoms with Crippen molar-refractivity contribution in [3.63, 3.8) is 0 Å². The van der Waals surface area contributed by atoms with Crippen LogP contribution in [0.1, 0.15) is 0 Å². The highest BCUT2D eigenvalue weighted by Gasteiger charge is 2.04. The van der Waals surface area contributed by atoms with Crippen LogP contribution < -0.4 is 0 Å². The zero-order valence-corrected chi connectivity index (χ0v) is 8.80. The quantitative estimate of drug-likeness (QED) is 0.735. The molecule has 0 bridgehead atoms. The van der Waals surface area contributed by atoms with Crippen LogP contribution in [0.3, 0.4) is 0 Å². The molecular weight excluding hydrogens is 253 g/mol. The Hall–Kier alpha value is -0.800. The number of halogens is 2. The van der Waals surface area contributed by atoms with Crippen molar-refractivity contribution in [2.24, 2.45) is 0 Å². The molecule has 0 atom stereocenters. The standard InChI is InChI=1S/C9H5BrClNO/c10-8-4-12-9(11)7-3-5(13)1-2-6(7)8/h1-4,13H. The zero-order chi connectivity index (χ0) is 9.42. The molecule has 0 aliphatic heterocycles. The molecule has 0 radical (unpaired) electrons. The fraction of sp³-hybridized carbons (Fsp3) is 0. The van der Waals surface area contributed by atoms with Crippen LogP contribution in [0.4, 0.5) is 0 Å². The second-order valence-corrected chi connectivity index (χ2v) is 3.84. The van der Waals surface area contributed by atoms with Crippen LogP contribution in [0.15, 0.2) is 28.9 Å². The Balaban J connectivity index is 2.92. The maximum atomic E-state index is 9.24. The first kappa shape index (κ1) is 8.78. The summed E-state index contributed by atoms with van der Waals surface area (Å²) >= 11 is 9.21. The Morgan fingerprint density at radius 1 is 1.31 bits per heavy atom. The Morgan fingerprint density at radius 2 is 2.08 bits per heavy atom. The van der Waals surface area contributed by atoms with Gasteiger partial charge in [-0.15, -0.1) is 0 Å². The number of rotatable bonds is 0. The van der Waals surface area contributed by atoms with Gasteiger partial charge in [0.15, 0.2) is 0 Å². The first-order valence-electron chi connectivity index (χ1n) is 3.61. The van der Waals surface area contributed by atoms with Crippen LogP contribution in [0.5, 0.6) is 5.75 Å². The van der Waals surface area contributed by atoms with Crippen LogP contribution >= 0.6 is 27.5 Å². The number of nitrogens with zero attached hydrogens (tertiary/aromatic N) is 1. The molecule has 1 aromatic heterocycles. The number of pyridine rings is 1. The van der Waals surface area contributed by atoms with E-state index in [1.165, 1.54) is 0 Å². The van der Waals surface area contributed by atoms with Crippen molar-refractivity contribution in [3.05, 3.63) is 34.0 Å². The van der Waals surface area contributed by atoms with E-state index in [9.17, 15) is 5.11 Å². The molecule has 0 aliphatic rings. The van der Waals surface area contributed by atoms with Crippen LogP contribution in [0.25, 0.3) is 10.8 Å². The fourth-order valence-electron chi connectivity index (χ4n) is 1.16. The van der Waals surface area contributed by atoms with Crippen molar-refractivity contribution in [2.75, 3.05) is 0 Å². The number of aromatic nitrogens is 1. The summed E-state index contributed by atoms with van der Waals surface area (Å²) in [6, 6.07) is 5.00. The van der Waals surface area contributed by atoms with Gasteiger partial charge in [-0.1, -0.05) is 11.6 Å². The first-order chi connectivity index (χ1) is 6.18. The number of aromatic hydroxyl groups is 1. The molecule has 0 amide bonds. The highest BCUT2D eigenvalue weighted by molar-refractivity contribution is 9.10. The Labute approximate surface area is 88.3 Å². The van der Waals surface area contributed by atoms with Gasteiger partial charge in [0.1, 0.15) is 10.9 Å². The van der Waals surface area contributed by atoms with E-state index < -0.39 is 0 Å². The predicted octanol–water partition coefficient (Wildman–Crippen LogP) is 3.36. The van der Waals surface area contributed by atoms with Crippen molar-refractivity contribution < 1.29 is 5.11 Å². The smallest absolute Gasteiger partial charge is 0.137 e. The van der Waals surface area contributed by atoms with E-state index in [0.717, 1.165) is 15.2 Å². The van der Waals surface area contributed by atoms with Crippen molar-refractivity contribution in [2.45, 2.75) is 0 Å². The third-order valence-corrected chi connectivity index (χ3v) is 2.71. The lowest BCUT2D eigenvalue weighted by Gasteiger charge is -2.02. The van der Waals surface area contributed by atoms with Gasteiger partial charge in [0.2, 0.25) is 0 Å². The molecule has 66 valence electrons. The van der Waals surface area contributed by atoms with Crippen molar-refractivity contribution in [1.82, 2.24) is 4.98 Å². The summed E-state index contributed by atoms with van der Waals surface area (Å²) in [5.41, 5.74) is 0. The summed E-state index contributed by atoms with van der Waals surface area (Å²) in [5, 5.41) is 11.3. The van der Waals surface area contributed by atoms with E-state index in [1.54, 1.807) is 24.4 Å². The topological polar surface area (TPSA) is 33.1 Å². The molecule has 0 unspecified atom stereocenters. The minimum atomic E-state index is 0.189. The maximum absolute atomic E-state index is 9.24. The maximum Gasteiger partial charge on any atom is 0.137 e. The van der Waals surface area contributed by atoms with Gasteiger partial charge in [0.25, 0.3) is 0 Å². The molecule has 2 rings (SSSR count). The van der Waals surface area contributed by atoms with E-state index >= 15 is 0 Å². The highest BCUT2D eigenvalue weighted by Crippen LogP contribution is 2.30. The first-order valence-corrected chi connectivity index (χ1v) is 4.78. The lowest BCUT2D eigenvalue weighted by atomic mass is 10.2. The second-order valence-electron chi connectivity index (χ2n) is 2.63. The summed E-state index contributed by atoms with van der Waals surface area (Å²) in [7, 11) is 0. The third kappa shape index (κ3) is 1.49. The Morgan fingerprint density at radius 3 is 2.85 bits per heavy atom. The van der Waals surface area contributed by atoms with E-state index in [2.05, 4.69) is 20.9 Å². The Bertz CT molecular complexity index is 472. The van der Waals surface area contributed by atoms with Crippen LogP contribution in [-0.4, -0.2) is 10.1 Å². The summed E-state index contributed by atoms with van der Waals surface area (Å²) in [6.45, 7) is 0. The predicted molar refractivity (Wildman–Crippen MR) is 56.1 cm³/mol. The summed E-state index contributed by atoms with van der Waals surface area (Å²) < 4.78 is 0.868. The highest BCUT2D eigenvalue weighted by atomic mass is 79.9. The number of benzene rings is 1. The van der Waals surface area contributed by atoms with E-state index in [4.69, 9.17) is 11.6 Å². The number of fused-ring (bicyclic) bond motifs is 1. The number of phenols is 1. The van der Waals surface area contributed by atoms with E-state index in [1.807, 2.05) is 0 Å². The van der Waals surface area contributed by atoms with Gasteiger partial charge in [-0.25, -0.2) is 4.98 Å². The van der Waals surface area contributed by atoms with E-state index in [-0.39, 0.29) is 5.75 Å². The minimum Gasteiger partial charge on any atom is -0.508 e. The van der Waals surface area contributed by atoms with Gasteiger partial charge in [0, 0.05) is 21.4 Å². The molecule has 2 nitrogen and oxygen atoms in total. The lowest BCUT2D eigenvalue weighted by molar-refractivity contribution is 0.476. The monoisotopic (exact) mass is 257 g/mol. The van der Waals surface area contributed by atoms with Crippen LogP contribution in [0, 0.1) is 0 Å². The van der Waals surface area contributed by atoms with Gasteiger partial charge in [-0.05, 0) is 34.1 Å².